The predicted molar refractivity (Wildman–Crippen MR) is 94.1 cm³/mol. The number of hydrogen-bond acceptors (Lipinski definition) is 4. The number of esters is 1. The highest BCUT2D eigenvalue weighted by Crippen LogP contribution is 2.55. The van der Waals surface area contributed by atoms with Gasteiger partial charge >= 0.3 is 5.97 Å². The molecular formula is C21H21NO3. The number of carbonyl (C=O) groups excluding carboxylic acids is 2. The van der Waals surface area contributed by atoms with Crippen LogP contribution in [-0.2, 0) is 9.53 Å². The van der Waals surface area contributed by atoms with E-state index in [-0.39, 0.29) is 17.8 Å². The van der Waals surface area contributed by atoms with Gasteiger partial charge in [0.15, 0.2) is 11.4 Å². The smallest absolute Gasteiger partial charge is 0.332 e. The van der Waals surface area contributed by atoms with E-state index in [9.17, 15) is 9.59 Å². The van der Waals surface area contributed by atoms with Crippen molar-refractivity contribution in [2.24, 2.45) is 0 Å². The van der Waals surface area contributed by atoms with Crippen LogP contribution in [0.3, 0.4) is 0 Å². The molecule has 2 fully saturated rings. The van der Waals surface area contributed by atoms with Gasteiger partial charge in [-0.15, -0.1) is 0 Å². The molecule has 0 unspecified atom stereocenters. The number of ketones is 1. The van der Waals surface area contributed by atoms with Gasteiger partial charge in [0.25, 0.3) is 0 Å². The molecule has 0 radical (unpaired) electrons. The topological polar surface area (TPSA) is 46.6 Å². The molecule has 1 aromatic carbocycles. The first-order chi connectivity index (χ1) is 12.1. The van der Waals surface area contributed by atoms with E-state index in [1.807, 2.05) is 24.3 Å². The Bertz CT molecular complexity index is 835. The monoisotopic (exact) mass is 335 g/mol. The van der Waals surface area contributed by atoms with Crippen LogP contribution in [-0.4, -0.2) is 40.9 Å². The molecule has 4 heteroatoms. The van der Waals surface area contributed by atoms with Crippen LogP contribution in [0.2, 0.25) is 0 Å². The number of ether oxygens (including phenoxy) is 1. The lowest BCUT2D eigenvalue weighted by molar-refractivity contribution is -0.148. The van der Waals surface area contributed by atoms with Crippen LogP contribution in [0.4, 0.5) is 0 Å². The number of nitrogens with zero attached hydrogens (tertiary/aromatic N) is 1. The molecule has 2 saturated heterocycles. The molecule has 0 saturated carbocycles. The summed E-state index contributed by atoms with van der Waals surface area (Å²) in [6.07, 6.45) is 8.19. The lowest BCUT2D eigenvalue weighted by atomic mass is 9.77. The fourth-order valence-electron chi connectivity index (χ4n) is 5.19. The second-order valence-corrected chi connectivity index (χ2v) is 7.61. The summed E-state index contributed by atoms with van der Waals surface area (Å²) < 4.78 is 5.89. The van der Waals surface area contributed by atoms with Crippen molar-refractivity contribution in [1.82, 2.24) is 4.90 Å². The van der Waals surface area contributed by atoms with E-state index in [2.05, 4.69) is 11.0 Å². The van der Waals surface area contributed by atoms with Crippen LogP contribution in [0.5, 0.6) is 0 Å². The van der Waals surface area contributed by atoms with Crippen molar-refractivity contribution >= 4 is 17.3 Å². The maximum atomic E-state index is 12.0. The second-order valence-electron chi connectivity index (χ2n) is 7.61. The number of carbonyl (C=O) groups is 2. The fourth-order valence-corrected chi connectivity index (χ4v) is 5.19. The quantitative estimate of drug-likeness (QED) is 0.615. The molecule has 0 N–H and O–H groups in total. The van der Waals surface area contributed by atoms with Gasteiger partial charge in [0, 0.05) is 29.7 Å². The second kappa shape index (κ2) is 5.15. The Morgan fingerprint density at radius 3 is 2.76 bits per heavy atom. The predicted octanol–water partition coefficient (Wildman–Crippen LogP) is 3.14. The third kappa shape index (κ3) is 2.04. The number of Topliss-reactive ketones (excluding diaryl/α,β-unsaturated/α-hetero) is 1. The largest absolute Gasteiger partial charge is 0.449 e. The Kier molecular flexibility index (Phi) is 3.11. The highest BCUT2D eigenvalue weighted by molar-refractivity contribution is 5.95. The summed E-state index contributed by atoms with van der Waals surface area (Å²) in [6, 6.07) is 8.45. The van der Waals surface area contributed by atoms with E-state index in [1.165, 1.54) is 18.4 Å². The van der Waals surface area contributed by atoms with Crippen LogP contribution in [0, 0.1) is 0 Å². The Morgan fingerprint density at radius 1 is 1.20 bits per heavy atom. The van der Waals surface area contributed by atoms with Gasteiger partial charge in [-0.1, -0.05) is 30.7 Å². The summed E-state index contributed by atoms with van der Waals surface area (Å²) in [6.45, 7) is 2.65. The molecule has 3 atom stereocenters. The molecule has 4 aliphatic rings. The van der Waals surface area contributed by atoms with Crippen LogP contribution in [0.15, 0.2) is 42.0 Å². The minimum Gasteiger partial charge on any atom is -0.449 e. The molecule has 128 valence electrons. The van der Waals surface area contributed by atoms with Crippen molar-refractivity contribution in [3.8, 4) is 0 Å². The Hall–Kier alpha value is -2.20. The average Bonchev–Trinajstić information content (AvgIpc) is 3.10. The van der Waals surface area contributed by atoms with E-state index >= 15 is 0 Å². The lowest BCUT2D eigenvalue weighted by Gasteiger charge is -2.37. The third-order valence-corrected chi connectivity index (χ3v) is 6.32. The molecular weight excluding hydrogens is 314 g/mol. The Balaban J connectivity index is 1.61. The highest BCUT2D eigenvalue weighted by atomic mass is 16.6. The normalized spacial score (nSPS) is 33.2. The van der Waals surface area contributed by atoms with E-state index in [1.54, 1.807) is 13.0 Å². The molecule has 3 heterocycles. The summed E-state index contributed by atoms with van der Waals surface area (Å²) in [4.78, 5) is 26.1. The standard InChI is InChI=1S/C21H21NO3/c1-13(23)14-5-7-15(8-6-14)17-10-16-11-20(24)25-21(16)12-18(17)22-9-3-2-4-19(21)22/h5-8,10-11,18-19H,2-4,9,12H2,1H3/t18-,19+,21-/m0/s1. The van der Waals surface area contributed by atoms with Crippen LogP contribution in [0.1, 0.15) is 48.5 Å². The molecule has 25 heavy (non-hydrogen) atoms. The zero-order valence-corrected chi connectivity index (χ0v) is 14.3. The maximum Gasteiger partial charge on any atom is 0.332 e. The summed E-state index contributed by atoms with van der Waals surface area (Å²) in [7, 11) is 0. The highest BCUT2D eigenvalue weighted by Gasteiger charge is 2.61. The van der Waals surface area contributed by atoms with Gasteiger partial charge in [-0.25, -0.2) is 4.79 Å². The lowest BCUT2D eigenvalue weighted by Crippen LogP contribution is -2.48. The van der Waals surface area contributed by atoms with E-state index in [0.717, 1.165) is 36.1 Å². The minimum atomic E-state index is -0.426. The van der Waals surface area contributed by atoms with Gasteiger partial charge in [0.2, 0.25) is 0 Å². The van der Waals surface area contributed by atoms with Crippen molar-refractivity contribution in [2.45, 2.75) is 50.3 Å². The van der Waals surface area contributed by atoms with E-state index in [0.29, 0.717) is 6.04 Å². The van der Waals surface area contributed by atoms with Crippen molar-refractivity contribution in [1.29, 1.82) is 0 Å². The van der Waals surface area contributed by atoms with Gasteiger partial charge in [0.1, 0.15) is 0 Å². The maximum absolute atomic E-state index is 12.0. The van der Waals surface area contributed by atoms with Gasteiger partial charge < -0.3 is 4.74 Å². The van der Waals surface area contributed by atoms with Crippen molar-refractivity contribution in [2.75, 3.05) is 6.54 Å². The summed E-state index contributed by atoms with van der Waals surface area (Å²) in [5.41, 5.74) is 3.73. The zero-order valence-electron chi connectivity index (χ0n) is 14.3. The fraction of sp³-hybridized carbons (Fsp3) is 0.429. The van der Waals surface area contributed by atoms with Crippen LogP contribution < -0.4 is 0 Å². The van der Waals surface area contributed by atoms with E-state index in [4.69, 9.17) is 4.74 Å². The molecule has 5 rings (SSSR count). The van der Waals surface area contributed by atoms with Crippen molar-refractivity contribution in [3.63, 3.8) is 0 Å². The summed E-state index contributed by atoms with van der Waals surface area (Å²) in [5.74, 6) is -0.122. The van der Waals surface area contributed by atoms with E-state index < -0.39 is 5.60 Å². The first-order valence-corrected chi connectivity index (χ1v) is 9.12. The number of piperidine rings is 1. The molecule has 1 aliphatic carbocycles. The SMILES string of the molecule is CC(=O)c1ccc(C2=CC3=CC(=O)O[C@@]34C[C@@H]2N2CCCC[C@@H]24)cc1. The van der Waals surface area contributed by atoms with Gasteiger partial charge in [-0.3, -0.25) is 9.69 Å². The minimum absolute atomic E-state index is 0.0812. The molecule has 1 aromatic rings. The molecule has 0 aromatic heterocycles. The van der Waals surface area contributed by atoms with Crippen LogP contribution in [0.25, 0.3) is 5.57 Å². The molecule has 0 amide bonds. The van der Waals surface area contributed by atoms with Gasteiger partial charge in [-0.2, -0.15) is 0 Å². The van der Waals surface area contributed by atoms with Gasteiger partial charge in [0.05, 0.1) is 6.04 Å². The first-order valence-electron chi connectivity index (χ1n) is 9.12. The summed E-state index contributed by atoms with van der Waals surface area (Å²) in [5, 5.41) is 0. The molecule has 4 nitrogen and oxygen atoms in total. The molecule has 3 aliphatic heterocycles. The first kappa shape index (κ1) is 15.1. The zero-order chi connectivity index (χ0) is 17.2. The average molecular weight is 335 g/mol. The summed E-state index contributed by atoms with van der Waals surface area (Å²) >= 11 is 0. The Morgan fingerprint density at radius 2 is 2.00 bits per heavy atom. The molecule has 1 spiro atoms. The van der Waals surface area contributed by atoms with Crippen LogP contribution >= 0.6 is 0 Å². The number of hydrogen-bond donors (Lipinski definition) is 0. The van der Waals surface area contributed by atoms with Crippen molar-refractivity contribution < 1.29 is 14.3 Å². The number of benzene rings is 1. The van der Waals surface area contributed by atoms with Crippen molar-refractivity contribution in [3.05, 3.63) is 53.1 Å². The number of rotatable bonds is 2. The third-order valence-electron chi connectivity index (χ3n) is 6.32. The molecule has 2 bridgehead atoms. The number of fused-ring (bicyclic) bond motifs is 3. The Labute approximate surface area is 147 Å². The van der Waals surface area contributed by atoms with Gasteiger partial charge in [-0.05, 0) is 43.5 Å².